The minimum atomic E-state index is 0.776. The molecule has 0 amide bonds. The van der Waals surface area contributed by atoms with Crippen LogP contribution in [0.3, 0.4) is 0 Å². The second-order valence-corrected chi connectivity index (χ2v) is 5.32. The Labute approximate surface area is 97.8 Å². The molecule has 0 bridgehead atoms. The average molecular weight is 222 g/mol. The number of aryl methyl sites for hydroxylation is 1. The summed E-state index contributed by atoms with van der Waals surface area (Å²) < 4.78 is 5.29. The van der Waals surface area contributed by atoms with Crippen LogP contribution in [0.25, 0.3) is 0 Å². The molecule has 90 valence electrons. The normalized spacial score (nSPS) is 16.3. The summed E-state index contributed by atoms with van der Waals surface area (Å²) in [5.41, 5.74) is 0.981. The van der Waals surface area contributed by atoms with Crippen molar-refractivity contribution in [2.45, 2.75) is 52.6 Å². The van der Waals surface area contributed by atoms with Crippen LogP contribution in [0, 0.1) is 12.8 Å². The molecule has 16 heavy (non-hydrogen) atoms. The Kier molecular flexibility index (Phi) is 3.64. The summed E-state index contributed by atoms with van der Waals surface area (Å²) in [6, 6.07) is 2.84. The van der Waals surface area contributed by atoms with Gasteiger partial charge in [0.2, 0.25) is 0 Å². The van der Waals surface area contributed by atoms with E-state index in [1.807, 2.05) is 13.0 Å². The van der Waals surface area contributed by atoms with E-state index >= 15 is 0 Å². The summed E-state index contributed by atoms with van der Waals surface area (Å²) in [4.78, 5) is 2.54. The van der Waals surface area contributed by atoms with Crippen molar-refractivity contribution in [1.82, 2.24) is 10.1 Å². The van der Waals surface area contributed by atoms with Crippen molar-refractivity contribution in [1.29, 1.82) is 0 Å². The van der Waals surface area contributed by atoms with Gasteiger partial charge >= 0.3 is 0 Å². The summed E-state index contributed by atoms with van der Waals surface area (Å²) in [5.74, 6) is 1.78. The summed E-state index contributed by atoms with van der Waals surface area (Å²) in [6.07, 6.45) is 3.97. The monoisotopic (exact) mass is 222 g/mol. The maximum atomic E-state index is 5.29. The fourth-order valence-electron chi connectivity index (χ4n) is 1.95. The van der Waals surface area contributed by atoms with Crippen LogP contribution in [0.5, 0.6) is 0 Å². The van der Waals surface area contributed by atoms with Gasteiger partial charge < -0.3 is 4.52 Å². The van der Waals surface area contributed by atoms with E-state index in [0.29, 0.717) is 0 Å². The zero-order valence-corrected chi connectivity index (χ0v) is 10.6. The van der Waals surface area contributed by atoms with Crippen LogP contribution in [0.15, 0.2) is 10.6 Å². The molecule has 1 aliphatic carbocycles. The van der Waals surface area contributed by atoms with Gasteiger partial charge in [0.15, 0.2) is 5.76 Å². The van der Waals surface area contributed by atoms with E-state index in [1.165, 1.54) is 25.8 Å². The summed E-state index contributed by atoms with van der Waals surface area (Å²) >= 11 is 0. The Balaban J connectivity index is 1.87. The van der Waals surface area contributed by atoms with Crippen LogP contribution in [0.4, 0.5) is 0 Å². The molecular weight excluding hydrogens is 200 g/mol. The first kappa shape index (κ1) is 11.6. The third kappa shape index (κ3) is 3.34. The smallest absolute Gasteiger partial charge is 0.150 e. The minimum Gasteiger partial charge on any atom is -0.360 e. The van der Waals surface area contributed by atoms with E-state index in [0.717, 1.165) is 30.0 Å². The standard InChI is InChI=1S/C13H22N2O/c1-10(2)6-7-15(12-4-5-12)9-13-8-11(3)14-16-13/h8,10,12H,4-7,9H2,1-3H3. The van der Waals surface area contributed by atoms with E-state index in [1.54, 1.807) is 0 Å². The predicted octanol–water partition coefficient (Wildman–Crippen LogP) is 2.99. The number of hydrogen-bond donors (Lipinski definition) is 0. The minimum absolute atomic E-state index is 0.776. The average Bonchev–Trinajstić information content (AvgIpc) is 2.98. The Hall–Kier alpha value is -0.830. The molecule has 0 atom stereocenters. The summed E-state index contributed by atoms with van der Waals surface area (Å²) in [7, 11) is 0. The van der Waals surface area contributed by atoms with Gasteiger partial charge in [0.25, 0.3) is 0 Å². The lowest BCUT2D eigenvalue weighted by atomic mass is 10.1. The van der Waals surface area contributed by atoms with Crippen molar-refractivity contribution in [3.8, 4) is 0 Å². The van der Waals surface area contributed by atoms with Gasteiger partial charge in [-0.05, 0) is 38.6 Å². The van der Waals surface area contributed by atoms with Crippen molar-refractivity contribution < 1.29 is 4.52 Å². The molecule has 0 unspecified atom stereocenters. The molecule has 0 spiro atoms. The van der Waals surface area contributed by atoms with E-state index in [4.69, 9.17) is 4.52 Å². The number of nitrogens with zero attached hydrogens (tertiary/aromatic N) is 2. The second-order valence-electron chi connectivity index (χ2n) is 5.32. The highest BCUT2D eigenvalue weighted by Crippen LogP contribution is 2.28. The SMILES string of the molecule is Cc1cc(CN(CCC(C)C)C2CC2)on1. The van der Waals surface area contributed by atoms with Crippen LogP contribution < -0.4 is 0 Å². The van der Waals surface area contributed by atoms with Gasteiger partial charge in [-0.3, -0.25) is 4.90 Å². The predicted molar refractivity (Wildman–Crippen MR) is 64.1 cm³/mol. The van der Waals surface area contributed by atoms with Gasteiger partial charge in [-0.2, -0.15) is 0 Å². The van der Waals surface area contributed by atoms with Crippen LogP contribution in [-0.2, 0) is 6.54 Å². The fourth-order valence-corrected chi connectivity index (χ4v) is 1.95. The van der Waals surface area contributed by atoms with Crippen LogP contribution in [-0.4, -0.2) is 22.6 Å². The van der Waals surface area contributed by atoms with Crippen molar-refractivity contribution in [2.75, 3.05) is 6.54 Å². The molecule has 1 fully saturated rings. The molecule has 3 nitrogen and oxygen atoms in total. The maximum absolute atomic E-state index is 5.29. The summed E-state index contributed by atoms with van der Waals surface area (Å²) in [5, 5.41) is 3.94. The quantitative estimate of drug-likeness (QED) is 0.741. The van der Waals surface area contributed by atoms with Gasteiger partial charge in [0.05, 0.1) is 12.2 Å². The lowest BCUT2D eigenvalue weighted by Crippen LogP contribution is -2.27. The molecule has 1 heterocycles. The van der Waals surface area contributed by atoms with Crippen LogP contribution in [0.2, 0.25) is 0 Å². The number of rotatable bonds is 6. The molecule has 1 aromatic rings. The van der Waals surface area contributed by atoms with Gasteiger partial charge in [-0.1, -0.05) is 19.0 Å². The lowest BCUT2D eigenvalue weighted by molar-refractivity contribution is 0.211. The van der Waals surface area contributed by atoms with E-state index in [2.05, 4.69) is 23.9 Å². The molecule has 0 radical (unpaired) electrons. The molecule has 0 N–H and O–H groups in total. The van der Waals surface area contributed by atoms with E-state index < -0.39 is 0 Å². The largest absolute Gasteiger partial charge is 0.360 e. The summed E-state index contributed by atoms with van der Waals surface area (Å²) in [6.45, 7) is 8.65. The zero-order valence-electron chi connectivity index (χ0n) is 10.6. The molecular formula is C13H22N2O. The first-order valence-electron chi connectivity index (χ1n) is 6.31. The molecule has 0 aliphatic heterocycles. The molecule has 3 heteroatoms. The Morgan fingerprint density at radius 3 is 2.75 bits per heavy atom. The van der Waals surface area contributed by atoms with Crippen molar-refractivity contribution >= 4 is 0 Å². The highest BCUT2D eigenvalue weighted by Gasteiger charge is 2.29. The zero-order chi connectivity index (χ0) is 11.5. The van der Waals surface area contributed by atoms with E-state index in [9.17, 15) is 0 Å². The first-order valence-corrected chi connectivity index (χ1v) is 6.31. The van der Waals surface area contributed by atoms with Crippen molar-refractivity contribution in [2.24, 2.45) is 5.92 Å². The van der Waals surface area contributed by atoms with Crippen molar-refractivity contribution in [3.63, 3.8) is 0 Å². The van der Waals surface area contributed by atoms with Gasteiger partial charge in [-0.25, -0.2) is 0 Å². The van der Waals surface area contributed by atoms with Gasteiger partial charge in [-0.15, -0.1) is 0 Å². The third-order valence-electron chi connectivity index (χ3n) is 3.09. The molecule has 2 rings (SSSR count). The van der Waals surface area contributed by atoms with Crippen LogP contribution in [0.1, 0.15) is 44.6 Å². The first-order chi connectivity index (χ1) is 7.65. The Morgan fingerprint density at radius 2 is 2.25 bits per heavy atom. The lowest BCUT2D eigenvalue weighted by Gasteiger charge is -2.21. The Morgan fingerprint density at radius 1 is 1.50 bits per heavy atom. The second kappa shape index (κ2) is 5.00. The maximum Gasteiger partial charge on any atom is 0.150 e. The van der Waals surface area contributed by atoms with Crippen molar-refractivity contribution in [3.05, 3.63) is 17.5 Å². The number of aromatic nitrogens is 1. The van der Waals surface area contributed by atoms with E-state index in [-0.39, 0.29) is 0 Å². The topological polar surface area (TPSA) is 29.3 Å². The van der Waals surface area contributed by atoms with Gasteiger partial charge in [0.1, 0.15) is 0 Å². The molecule has 1 aromatic heterocycles. The number of hydrogen-bond acceptors (Lipinski definition) is 3. The molecule has 1 saturated carbocycles. The molecule has 0 aromatic carbocycles. The highest BCUT2D eigenvalue weighted by molar-refractivity contribution is 5.03. The highest BCUT2D eigenvalue weighted by atomic mass is 16.5. The molecule has 0 saturated heterocycles. The van der Waals surface area contributed by atoms with Crippen LogP contribution >= 0.6 is 0 Å². The third-order valence-corrected chi connectivity index (χ3v) is 3.09. The fraction of sp³-hybridized carbons (Fsp3) is 0.769. The van der Waals surface area contributed by atoms with Gasteiger partial charge in [0, 0.05) is 12.1 Å². The molecule has 1 aliphatic rings. The Bertz CT molecular complexity index is 328.